The maximum atomic E-state index is 13.3. The van der Waals surface area contributed by atoms with E-state index in [1.807, 2.05) is 6.92 Å². The first-order valence-electron chi connectivity index (χ1n) is 9.20. The lowest BCUT2D eigenvalue weighted by molar-refractivity contribution is 0.0499. The topological polar surface area (TPSA) is 126 Å². The van der Waals surface area contributed by atoms with E-state index in [0.717, 1.165) is 0 Å². The monoisotopic (exact) mass is 394 g/mol. The number of aromatic amines is 1. The number of amides is 1. The number of hydrogen-bond donors (Lipinski definition) is 2. The Kier molecular flexibility index (Phi) is 5.37. The number of nitrogens with one attached hydrogen (secondary N) is 2. The zero-order valence-electron chi connectivity index (χ0n) is 16.7. The summed E-state index contributed by atoms with van der Waals surface area (Å²) in [6, 6.07) is 7.92. The molecule has 2 N–H and O–H groups in total. The van der Waals surface area contributed by atoms with Gasteiger partial charge in [0.25, 0.3) is 5.56 Å². The Hall–Kier alpha value is -3.67. The molecule has 9 heteroatoms. The number of nitriles is 1. The third-order valence-corrected chi connectivity index (χ3v) is 4.18. The van der Waals surface area contributed by atoms with E-state index < -0.39 is 17.7 Å². The predicted octanol–water partition coefficient (Wildman–Crippen LogP) is 2.96. The second kappa shape index (κ2) is 7.75. The molecule has 0 unspecified atom stereocenters. The lowest BCUT2D eigenvalue weighted by Gasteiger charge is -2.24. The minimum atomic E-state index is -0.670. The lowest BCUT2D eigenvalue weighted by Crippen LogP contribution is -2.37. The van der Waals surface area contributed by atoms with E-state index in [1.165, 1.54) is 10.8 Å². The molecule has 0 spiro atoms. The van der Waals surface area contributed by atoms with E-state index >= 15 is 0 Å². The average molecular weight is 394 g/mol. The molecular formula is C20H22N6O3. The maximum absolute atomic E-state index is 13.3. The van der Waals surface area contributed by atoms with Crippen molar-refractivity contribution in [3.63, 3.8) is 0 Å². The van der Waals surface area contributed by atoms with E-state index in [9.17, 15) is 14.9 Å². The highest BCUT2D eigenvalue weighted by atomic mass is 16.6. The second-order valence-corrected chi connectivity index (χ2v) is 7.47. The third kappa shape index (κ3) is 4.11. The highest BCUT2D eigenvalue weighted by molar-refractivity contribution is 5.83. The lowest BCUT2D eigenvalue weighted by atomic mass is 10.1. The van der Waals surface area contributed by atoms with Crippen molar-refractivity contribution in [3.8, 4) is 11.9 Å². The number of hydrogen-bond acceptors (Lipinski definition) is 6. The van der Waals surface area contributed by atoms with Crippen molar-refractivity contribution in [2.45, 2.75) is 45.8 Å². The van der Waals surface area contributed by atoms with Crippen LogP contribution in [-0.2, 0) is 4.74 Å². The van der Waals surface area contributed by atoms with Gasteiger partial charge >= 0.3 is 6.09 Å². The van der Waals surface area contributed by atoms with Crippen molar-refractivity contribution in [2.75, 3.05) is 0 Å². The van der Waals surface area contributed by atoms with Crippen LogP contribution in [0.4, 0.5) is 4.79 Å². The summed E-state index contributed by atoms with van der Waals surface area (Å²) in [5.74, 6) is 0.689. The molecule has 1 amide bonds. The van der Waals surface area contributed by atoms with Gasteiger partial charge in [-0.2, -0.15) is 10.4 Å². The molecule has 0 saturated heterocycles. The van der Waals surface area contributed by atoms with E-state index in [2.05, 4.69) is 26.6 Å². The van der Waals surface area contributed by atoms with Crippen molar-refractivity contribution in [3.05, 3.63) is 52.2 Å². The number of carbonyl (C=O) groups excluding carboxylic acids is 1. The first kappa shape index (κ1) is 20.1. The Morgan fingerprint density at radius 3 is 2.72 bits per heavy atom. The smallest absolute Gasteiger partial charge is 0.408 e. The Morgan fingerprint density at radius 2 is 2.14 bits per heavy atom. The molecule has 0 aliphatic carbocycles. The van der Waals surface area contributed by atoms with Crippen LogP contribution < -0.4 is 10.9 Å². The number of fused-ring (bicyclic) bond motifs is 1. The summed E-state index contributed by atoms with van der Waals surface area (Å²) in [5.41, 5.74) is -0.466. The molecular weight excluding hydrogens is 372 g/mol. The van der Waals surface area contributed by atoms with Crippen molar-refractivity contribution in [1.29, 1.82) is 5.26 Å². The van der Waals surface area contributed by atoms with Crippen molar-refractivity contribution >= 4 is 17.0 Å². The number of benzene rings is 1. The van der Waals surface area contributed by atoms with Crippen LogP contribution in [0, 0.1) is 11.3 Å². The van der Waals surface area contributed by atoms with E-state index in [0.29, 0.717) is 17.6 Å². The largest absolute Gasteiger partial charge is 0.444 e. The molecule has 0 fully saturated rings. The molecule has 0 bridgehead atoms. The van der Waals surface area contributed by atoms with Gasteiger partial charge in [-0.25, -0.2) is 14.3 Å². The molecule has 0 radical (unpaired) electrons. The number of alkyl carbamates (subject to hydrolysis) is 1. The number of para-hydroxylation sites is 1. The molecule has 150 valence electrons. The molecule has 0 saturated carbocycles. The number of nitrogens with zero attached hydrogens (tertiary/aromatic N) is 4. The Morgan fingerprint density at radius 1 is 1.38 bits per heavy atom. The molecule has 2 aromatic heterocycles. The van der Waals surface area contributed by atoms with Crippen LogP contribution >= 0.6 is 0 Å². The Balaban J connectivity index is 2.21. The third-order valence-electron chi connectivity index (χ3n) is 4.18. The molecule has 0 aliphatic heterocycles. The summed E-state index contributed by atoms with van der Waals surface area (Å²) in [6.07, 6.45) is 1.34. The zero-order chi connectivity index (χ0) is 21.2. The molecule has 0 aliphatic rings. The van der Waals surface area contributed by atoms with E-state index in [-0.39, 0.29) is 22.5 Å². The molecule has 9 nitrogen and oxygen atoms in total. The van der Waals surface area contributed by atoms with Gasteiger partial charge in [0, 0.05) is 6.07 Å². The first-order chi connectivity index (χ1) is 13.7. The number of aromatic nitrogens is 4. The summed E-state index contributed by atoms with van der Waals surface area (Å²) in [7, 11) is 0. The number of H-pyrrole nitrogens is 1. The Bertz CT molecular complexity index is 1140. The summed E-state index contributed by atoms with van der Waals surface area (Å²) < 4.78 is 6.71. The highest BCUT2D eigenvalue weighted by Gasteiger charge is 2.25. The van der Waals surface area contributed by atoms with Gasteiger partial charge in [-0.15, -0.1) is 0 Å². The first-order valence-corrected chi connectivity index (χ1v) is 9.20. The average Bonchev–Trinajstić information content (AvgIpc) is 3.18. The summed E-state index contributed by atoms with van der Waals surface area (Å²) in [4.78, 5) is 30.2. The molecule has 2 heterocycles. The molecule has 1 aromatic carbocycles. The number of rotatable bonds is 4. The normalized spacial score (nSPS) is 12.4. The SMILES string of the molecule is CC[C@H](NC(=O)OC(C)(C)C)c1nc2c(C#N)cccc2c(=O)n1-c1ccn[nH]1. The van der Waals surface area contributed by atoms with Gasteiger partial charge in [0.15, 0.2) is 0 Å². The van der Waals surface area contributed by atoms with Crippen LogP contribution in [0.2, 0.25) is 0 Å². The van der Waals surface area contributed by atoms with Crippen LogP contribution in [0.3, 0.4) is 0 Å². The molecule has 29 heavy (non-hydrogen) atoms. The van der Waals surface area contributed by atoms with Gasteiger partial charge in [-0.05, 0) is 39.3 Å². The quantitative estimate of drug-likeness (QED) is 0.701. The van der Waals surface area contributed by atoms with Gasteiger partial charge in [0.2, 0.25) is 0 Å². The number of carbonyl (C=O) groups is 1. The maximum Gasteiger partial charge on any atom is 0.408 e. The minimum Gasteiger partial charge on any atom is -0.444 e. The fraction of sp³-hybridized carbons (Fsp3) is 0.350. The van der Waals surface area contributed by atoms with Crippen LogP contribution in [0.15, 0.2) is 35.3 Å². The van der Waals surface area contributed by atoms with Crippen molar-refractivity contribution in [1.82, 2.24) is 25.1 Å². The molecule has 3 aromatic rings. The summed E-state index contributed by atoms with van der Waals surface area (Å²) >= 11 is 0. The van der Waals surface area contributed by atoms with Gasteiger partial charge in [-0.1, -0.05) is 13.0 Å². The molecule has 1 atom stereocenters. The van der Waals surface area contributed by atoms with Gasteiger partial charge < -0.3 is 10.1 Å². The van der Waals surface area contributed by atoms with Crippen LogP contribution in [-0.4, -0.2) is 31.4 Å². The van der Waals surface area contributed by atoms with Crippen molar-refractivity contribution in [2.24, 2.45) is 0 Å². The molecule has 3 rings (SSSR count). The second-order valence-electron chi connectivity index (χ2n) is 7.47. The van der Waals surface area contributed by atoms with Crippen molar-refractivity contribution < 1.29 is 9.53 Å². The van der Waals surface area contributed by atoms with Gasteiger partial charge in [0.05, 0.1) is 28.7 Å². The number of ether oxygens (including phenoxy) is 1. The van der Waals surface area contributed by atoms with Crippen LogP contribution in [0.5, 0.6) is 0 Å². The fourth-order valence-electron chi connectivity index (χ4n) is 2.95. The van der Waals surface area contributed by atoms with Gasteiger partial charge in [0.1, 0.15) is 23.3 Å². The van der Waals surface area contributed by atoms with Crippen LogP contribution in [0.25, 0.3) is 16.7 Å². The zero-order valence-corrected chi connectivity index (χ0v) is 16.7. The summed E-state index contributed by atoms with van der Waals surface area (Å²) in [6.45, 7) is 7.15. The fourth-order valence-corrected chi connectivity index (χ4v) is 2.95. The van der Waals surface area contributed by atoms with E-state index in [4.69, 9.17) is 4.74 Å². The Labute approximate surface area is 167 Å². The van der Waals surface area contributed by atoms with E-state index in [1.54, 1.807) is 45.0 Å². The summed E-state index contributed by atoms with van der Waals surface area (Å²) in [5, 5.41) is 19.2. The highest BCUT2D eigenvalue weighted by Crippen LogP contribution is 2.22. The predicted molar refractivity (Wildman–Crippen MR) is 107 cm³/mol. The standard InChI is InChI=1S/C20H22N6O3/c1-5-14(23-19(28)29-20(2,3)4)17-24-16-12(11-21)7-6-8-13(16)18(27)26(17)15-9-10-22-25-15/h6-10,14H,5H2,1-4H3,(H,22,25)(H,23,28)/t14-/m0/s1. The van der Waals surface area contributed by atoms with Gasteiger partial charge in [-0.3, -0.25) is 9.89 Å². The van der Waals surface area contributed by atoms with Crippen LogP contribution in [0.1, 0.15) is 51.5 Å². The minimum absolute atomic E-state index is 0.280.